The van der Waals surface area contributed by atoms with Crippen LogP contribution in [-0.2, 0) is 0 Å². The molecule has 2 N–H and O–H groups in total. The lowest BCUT2D eigenvalue weighted by Crippen LogP contribution is -2.36. The van der Waals surface area contributed by atoms with Gasteiger partial charge in [-0.25, -0.2) is 9.67 Å². The highest BCUT2D eigenvalue weighted by atomic mass is 16.3. The van der Waals surface area contributed by atoms with Crippen LogP contribution in [0.15, 0.2) is 24.8 Å². The van der Waals surface area contributed by atoms with E-state index in [-0.39, 0.29) is 35.5 Å². The lowest BCUT2D eigenvalue weighted by molar-refractivity contribution is 0.0304. The number of aromatic hydroxyl groups is 1. The summed E-state index contributed by atoms with van der Waals surface area (Å²) < 4.78 is 1.73. The Balaban J connectivity index is 1.57. The molecule has 0 unspecified atom stereocenters. The molecule has 2 fully saturated rings. The zero-order valence-corrected chi connectivity index (χ0v) is 18.2. The number of aromatic nitrogens is 3. The molecule has 2 aromatic rings. The third kappa shape index (κ3) is 3.71. The molecule has 1 saturated heterocycles. The quantitative estimate of drug-likeness (QED) is 0.804. The second kappa shape index (κ2) is 8.02. The van der Waals surface area contributed by atoms with Gasteiger partial charge in [0.05, 0.1) is 17.7 Å². The summed E-state index contributed by atoms with van der Waals surface area (Å²) in [6.07, 6.45) is 4.06. The molecule has 30 heavy (non-hydrogen) atoms. The molecule has 7 heteroatoms. The van der Waals surface area contributed by atoms with Crippen molar-refractivity contribution in [3.63, 3.8) is 0 Å². The van der Waals surface area contributed by atoms with Gasteiger partial charge in [-0.2, -0.15) is 5.10 Å². The molecule has 0 bridgehead atoms. The maximum Gasteiger partial charge on any atom is 0.257 e. The van der Waals surface area contributed by atoms with Crippen molar-refractivity contribution in [3.8, 4) is 5.75 Å². The lowest BCUT2D eigenvalue weighted by Gasteiger charge is -2.34. The van der Waals surface area contributed by atoms with Crippen LogP contribution in [0.2, 0.25) is 0 Å². The number of rotatable bonds is 4. The Morgan fingerprint density at radius 1 is 1.10 bits per heavy atom. The van der Waals surface area contributed by atoms with Gasteiger partial charge in [-0.15, -0.1) is 0 Å². The number of hydrogen-bond acceptors (Lipinski definition) is 5. The standard InChI is InChI=1S/C23H32N4O3/c1-13(2)15-5-18(14(3)4)22(29)19(6-15)23(30)26-9-16-7-20(27-12-24-11-25-27)21(28)8-17(16)10-26/h5-6,11-14,16-17,20-21,28-29H,7-10H2,1-4H3/t16-,17+,20-,21-/m1/s1. The predicted molar refractivity (Wildman–Crippen MR) is 113 cm³/mol. The number of aliphatic hydroxyl groups excluding tert-OH is 1. The van der Waals surface area contributed by atoms with E-state index in [1.807, 2.05) is 30.9 Å². The second-order valence-corrected chi connectivity index (χ2v) is 9.53. The van der Waals surface area contributed by atoms with E-state index in [1.54, 1.807) is 11.0 Å². The molecule has 1 amide bonds. The summed E-state index contributed by atoms with van der Waals surface area (Å²) in [4.78, 5) is 19.3. The third-order valence-electron chi connectivity index (χ3n) is 6.85. The average molecular weight is 413 g/mol. The van der Waals surface area contributed by atoms with Gasteiger partial charge in [-0.3, -0.25) is 4.79 Å². The van der Waals surface area contributed by atoms with Crippen LogP contribution in [0.4, 0.5) is 0 Å². The summed E-state index contributed by atoms with van der Waals surface area (Å²) in [6.45, 7) is 9.52. The number of benzene rings is 1. The molecular formula is C23H32N4O3. The Morgan fingerprint density at radius 3 is 2.40 bits per heavy atom. The smallest absolute Gasteiger partial charge is 0.257 e. The Bertz CT molecular complexity index is 909. The summed E-state index contributed by atoms with van der Waals surface area (Å²) in [5.74, 6) is 0.979. The minimum atomic E-state index is -0.492. The Kier molecular flexibility index (Phi) is 5.57. The molecule has 4 rings (SSSR count). The van der Waals surface area contributed by atoms with Crippen molar-refractivity contribution < 1.29 is 15.0 Å². The van der Waals surface area contributed by atoms with Crippen LogP contribution in [-0.4, -0.2) is 55.0 Å². The van der Waals surface area contributed by atoms with E-state index >= 15 is 0 Å². The summed E-state index contributed by atoms with van der Waals surface area (Å²) in [7, 11) is 0. The van der Waals surface area contributed by atoms with Crippen LogP contribution < -0.4 is 0 Å². The van der Waals surface area contributed by atoms with E-state index in [4.69, 9.17) is 0 Å². The van der Waals surface area contributed by atoms with Crippen LogP contribution in [0, 0.1) is 11.8 Å². The van der Waals surface area contributed by atoms with E-state index < -0.39 is 6.10 Å². The number of aliphatic hydroxyl groups is 1. The number of nitrogens with zero attached hydrogens (tertiary/aromatic N) is 4. The number of phenols is 1. The highest BCUT2D eigenvalue weighted by Gasteiger charge is 2.44. The molecule has 4 atom stereocenters. The molecule has 2 aliphatic rings. The molecular weight excluding hydrogens is 380 g/mol. The van der Waals surface area contributed by atoms with Gasteiger partial charge in [-0.05, 0) is 53.7 Å². The third-order valence-corrected chi connectivity index (χ3v) is 6.85. The molecule has 7 nitrogen and oxygen atoms in total. The first-order valence-electron chi connectivity index (χ1n) is 10.9. The molecule has 1 aromatic heterocycles. The zero-order valence-electron chi connectivity index (χ0n) is 18.2. The number of phenolic OH excluding ortho intramolecular Hbond substituents is 1. The summed E-state index contributed by atoms with van der Waals surface area (Å²) >= 11 is 0. The summed E-state index contributed by atoms with van der Waals surface area (Å²) in [5, 5.41) is 25.7. The summed E-state index contributed by atoms with van der Waals surface area (Å²) in [5.41, 5.74) is 2.29. The van der Waals surface area contributed by atoms with Crippen molar-refractivity contribution >= 4 is 5.91 Å². The van der Waals surface area contributed by atoms with Crippen LogP contribution in [0.3, 0.4) is 0 Å². The topological polar surface area (TPSA) is 91.5 Å². The highest BCUT2D eigenvalue weighted by Crippen LogP contribution is 2.42. The van der Waals surface area contributed by atoms with Crippen molar-refractivity contribution in [2.45, 2.75) is 64.5 Å². The van der Waals surface area contributed by atoms with Gasteiger partial charge in [-0.1, -0.05) is 33.8 Å². The van der Waals surface area contributed by atoms with E-state index in [2.05, 4.69) is 23.9 Å². The number of fused-ring (bicyclic) bond motifs is 1. The fraction of sp³-hybridized carbons (Fsp3) is 0.609. The van der Waals surface area contributed by atoms with E-state index in [1.165, 1.54) is 6.33 Å². The number of hydrogen-bond donors (Lipinski definition) is 2. The molecule has 0 spiro atoms. The van der Waals surface area contributed by atoms with E-state index in [0.29, 0.717) is 31.0 Å². The van der Waals surface area contributed by atoms with Gasteiger partial charge in [0.15, 0.2) is 0 Å². The fourth-order valence-corrected chi connectivity index (χ4v) is 5.03. The maximum absolute atomic E-state index is 13.4. The highest BCUT2D eigenvalue weighted by molar-refractivity contribution is 5.97. The number of carbonyl (C=O) groups is 1. The molecule has 2 heterocycles. The monoisotopic (exact) mass is 412 g/mol. The number of likely N-dealkylation sites (tertiary alicyclic amines) is 1. The first-order valence-corrected chi connectivity index (χ1v) is 10.9. The van der Waals surface area contributed by atoms with Crippen molar-refractivity contribution in [1.29, 1.82) is 0 Å². The molecule has 1 aliphatic carbocycles. The first kappa shape index (κ1) is 20.8. The minimum Gasteiger partial charge on any atom is -0.507 e. The minimum absolute atomic E-state index is 0.103. The molecule has 0 radical (unpaired) electrons. The Labute approximate surface area is 177 Å². The molecule has 1 aromatic carbocycles. The Morgan fingerprint density at radius 2 is 1.80 bits per heavy atom. The van der Waals surface area contributed by atoms with Crippen molar-refractivity contribution in [2.24, 2.45) is 11.8 Å². The molecule has 162 valence electrons. The maximum atomic E-state index is 13.4. The van der Waals surface area contributed by atoms with E-state index in [9.17, 15) is 15.0 Å². The van der Waals surface area contributed by atoms with Crippen molar-refractivity contribution in [3.05, 3.63) is 41.5 Å². The van der Waals surface area contributed by atoms with Crippen molar-refractivity contribution in [1.82, 2.24) is 19.7 Å². The molecule has 1 saturated carbocycles. The average Bonchev–Trinajstić information content (AvgIpc) is 3.36. The molecule has 1 aliphatic heterocycles. The van der Waals surface area contributed by atoms with E-state index in [0.717, 1.165) is 17.5 Å². The number of carbonyl (C=O) groups excluding carboxylic acids is 1. The first-order chi connectivity index (χ1) is 14.3. The van der Waals surface area contributed by atoms with Crippen LogP contribution in [0.1, 0.15) is 79.9 Å². The normalized spacial score (nSPS) is 26.4. The fourth-order valence-electron chi connectivity index (χ4n) is 5.03. The van der Waals surface area contributed by atoms with Gasteiger partial charge >= 0.3 is 0 Å². The van der Waals surface area contributed by atoms with Crippen LogP contribution in [0.25, 0.3) is 0 Å². The van der Waals surface area contributed by atoms with Gasteiger partial charge in [0.25, 0.3) is 5.91 Å². The van der Waals surface area contributed by atoms with Crippen LogP contribution in [0.5, 0.6) is 5.75 Å². The zero-order chi connectivity index (χ0) is 21.6. The van der Waals surface area contributed by atoms with Crippen LogP contribution >= 0.6 is 0 Å². The predicted octanol–water partition coefficient (Wildman–Crippen LogP) is 3.31. The van der Waals surface area contributed by atoms with Gasteiger partial charge in [0.2, 0.25) is 0 Å². The second-order valence-electron chi connectivity index (χ2n) is 9.53. The SMILES string of the molecule is CC(C)c1cc(C(=O)N2C[C@H]3C[C@@H](n4cncn4)[C@H](O)C[C@H]3C2)c(O)c(C(C)C)c1. The van der Waals surface area contributed by atoms with Gasteiger partial charge < -0.3 is 15.1 Å². The summed E-state index contributed by atoms with van der Waals surface area (Å²) in [6, 6.07) is 3.77. The lowest BCUT2D eigenvalue weighted by atomic mass is 9.77. The Hall–Kier alpha value is -2.41. The van der Waals surface area contributed by atoms with Gasteiger partial charge in [0.1, 0.15) is 18.4 Å². The largest absolute Gasteiger partial charge is 0.507 e. The number of amides is 1. The van der Waals surface area contributed by atoms with Crippen molar-refractivity contribution in [2.75, 3.05) is 13.1 Å². The van der Waals surface area contributed by atoms with Gasteiger partial charge in [0, 0.05) is 13.1 Å².